The van der Waals surface area contributed by atoms with Crippen molar-refractivity contribution < 1.29 is 19.3 Å². The Hall–Kier alpha value is -2.70. The number of halogens is 1. The first-order valence-electron chi connectivity index (χ1n) is 9.38. The van der Waals surface area contributed by atoms with Gasteiger partial charge in [-0.1, -0.05) is 29.8 Å². The summed E-state index contributed by atoms with van der Waals surface area (Å²) in [6, 6.07) is 14.4. The maximum atomic E-state index is 12.5. The van der Waals surface area contributed by atoms with Crippen LogP contribution in [0.25, 0.3) is 0 Å². The minimum absolute atomic E-state index is 0.0361. The average Bonchev–Trinajstić information content (AvgIpc) is 2.94. The molecule has 4 rings (SSSR count). The molecule has 28 heavy (non-hydrogen) atoms. The second kappa shape index (κ2) is 7.73. The highest BCUT2D eigenvalue weighted by atomic mass is 35.5. The van der Waals surface area contributed by atoms with Crippen LogP contribution in [0.1, 0.15) is 23.2 Å². The van der Waals surface area contributed by atoms with Crippen molar-refractivity contribution in [2.45, 2.75) is 12.8 Å². The van der Waals surface area contributed by atoms with Gasteiger partial charge in [-0.3, -0.25) is 19.3 Å². The number of nitrogens with zero attached hydrogens (tertiary/aromatic N) is 1. The second-order valence-corrected chi connectivity index (χ2v) is 7.70. The lowest BCUT2D eigenvalue weighted by molar-refractivity contribution is -0.904. The van der Waals surface area contributed by atoms with Crippen molar-refractivity contribution in [3.8, 4) is 0 Å². The highest BCUT2D eigenvalue weighted by molar-refractivity contribution is 6.52. The van der Waals surface area contributed by atoms with E-state index >= 15 is 0 Å². The Morgan fingerprint density at radius 1 is 1.11 bits per heavy atom. The molecule has 2 aliphatic rings. The van der Waals surface area contributed by atoms with Crippen LogP contribution in [0.2, 0.25) is 5.02 Å². The molecule has 2 amide bonds. The highest BCUT2D eigenvalue weighted by Crippen LogP contribution is 2.30. The molecule has 0 aromatic heterocycles. The van der Waals surface area contributed by atoms with E-state index in [1.807, 2.05) is 30.3 Å². The molecule has 0 aliphatic carbocycles. The van der Waals surface area contributed by atoms with Crippen LogP contribution < -0.4 is 15.1 Å². The summed E-state index contributed by atoms with van der Waals surface area (Å²) in [5, 5.41) is 3.40. The Balaban J connectivity index is 1.36. The summed E-state index contributed by atoms with van der Waals surface area (Å²) in [6.45, 7) is 1.97. The van der Waals surface area contributed by atoms with Gasteiger partial charge in [0.15, 0.2) is 6.67 Å². The van der Waals surface area contributed by atoms with Crippen LogP contribution in [0, 0.1) is 5.92 Å². The van der Waals surface area contributed by atoms with Crippen LogP contribution in [0.5, 0.6) is 0 Å². The van der Waals surface area contributed by atoms with E-state index in [2.05, 4.69) is 5.32 Å². The first kappa shape index (κ1) is 18.7. The Kier molecular flexibility index (Phi) is 5.15. The Morgan fingerprint density at radius 2 is 1.82 bits per heavy atom. The van der Waals surface area contributed by atoms with Gasteiger partial charge >= 0.3 is 5.91 Å². The number of Topliss-reactive ketones (excluding diaryl/α,β-unsaturated/α-hetero) is 1. The molecule has 0 bridgehead atoms. The quantitative estimate of drug-likeness (QED) is 0.771. The summed E-state index contributed by atoms with van der Waals surface area (Å²) in [7, 11) is 0. The van der Waals surface area contributed by atoms with Crippen molar-refractivity contribution in [3.63, 3.8) is 0 Å². The number of amides is 2. The van der Waals surface area contributed by atoms with E-state index in [9.17, 15) is 14.4 Å². The van der Waals surface area contributed by atoms with Crippen molar-refractivity contribution >= 4 is 40.6 Å². The van der Waals surface area contributed by atoms with Gasteiger partial charge in [0.25, 0.3) is 5.78 Å². The third kappa shape index (κ3) is 3.66. The standard InChI is InChI=1S/C21H20ClN3O3/c22-15-6-7-18-17(12-15)19(26)21(28)25(18)13-24-10-8-14(9-11-24)20(27)23-16-4-2-1-3-5-16/h1-7,12,14H,8-11,13H2,(H,23,27)/p+1. The molecule has 0 saturated carbocycles. The molecule has 144 valence electrons. The van der Waals surface area contributed by atoms with Gasteiger partial charge < -0.3 is 10.2 Å². The minimum atomic E-state index is -0.506. The minimum Gasteiger partial charge on any atom is -0.326 e. The number of fused-ring (bicyclic) bond motifs is 1. The van der Waals surface area contributed by atoms with Gasteiger partial charge in [0.05, 0.1) is 24.3 Å². The molecule has 1 fully saturated rings. The van der Waals surface area contributed by atoms with Crippen molar-refractivity contribution in [3.05, 3.63) is 59.1 Å². The van der Waals surface area contributed by atoms with E-state index in [4.69, 9.17) is 11.6 Å². The summed E-state index contributed by atoms with van der Waals surface area (Å²) in [6.07, 6.45) is 1.49. The number of nitrogens with one attached hydrogen (secondary N) is 2. The maximum Gasteiger partial charge on any atom is 0.303 e. The Morgan fingerprint density at radius 3 is 2.54 bits per heavy atom. The molecule has 2 aromatic rings. The zero-order valence-corrected chi connectivity index (χ0v) is 16.0. The normalized spacial score (nSPS) is 21.5. The zero-order chi connectivity index (χ0) is 19.7. The molecular formula is C21H21ClN3O3+. The summed E-state index contributed by atoms with van der Waals surface area (Å²) in [5.41, 5.74) is 1.79. The predicted molar refractivity (Wildman–Crippen MR) is 107 cm³/mol. The number of piperidine rings is 1. The Labute approximate surface area is 168 Å². The number of anilines is 2. The van der Waals surface area contributed by atoms with E-state index in [1.54, 1.807) is 18.2 Å². The van der Waals surface area contributed by atoms with Crippen molar-refractivity contribution in [2.75, 3.05) is 30.0 Å². The number of carbonyl (C=O) groups is 3. The maximum absolute atomic E-state index is 12.5. The molecule has 6 nitrogen and oxygen atoms in total. The van der Waals surface area contributed by atoms with Crippen LogP contribution in [0.3, 0.4) is 0 Å². The topological polar surface area (TPSA) is 70.9 Å². The molecule has 2 aromatic carbocycles. The summed E-state index contributed by atoms with van der Waals surface area (Å²) >= 11 is 5.95. The smallest absolute Gasteiger partial charge is 0.303 e. The van der Waals surface area contributed by atoms with E-state index in [0.717, 1.165) is 31.6 Å². The van der Waals surface area contributed by atoms with Gasteiger partial charge in [0.1, 0.15) is 0 Å². The second-order valence-electron chi connectivity index (χ2n) is 7.26. The number of hydrogen-bond donors (Lipinski definition) is 2. The lowest BCUT2D eigenvalue weighted by Crippen LogP contribution is -3.14. The van der Waals surface area contributed by atoms with E-state index in [0.29, 0.717) is 22.9 Å². The van der Waals surface area contributed by atoms with Gasteiger partial charge in [-0.25, -0.2) is 0 Å². The SMILES string of the molecule is O=C1C(=O)N(C[NH+]2CCC(C(=O)Nc3ccccc3)CC2)c2ccc(Cl)cc21. The van der Waals surface area contributed by atoms with Crippen LogP contribution in [0.15, 0.2) is 48.5 Å². The third-order valence-electron chi connectivity index (χ3n) is 5.42. The number of likely N-dealkylation sites (tertiary alicyclic amines) is 1. The van der Waals surface area contributed by atoms with Crippen molar-refractivity contribution in [1.29, 1.82) is 0 Å². The number of para-hydroxylation sites is 1. The number of hydrogen-bond acceptors (Lipinski definition) is 3. The van der Waals surface area contributed by atoms with Crippen LogP contribution in [0.4, 0.5) is 11.4 Å². The molecule has 0 atom stereocenters. The van der Waals surface area contributed by atoms with Gasteiger partial charge in [0, 0.05) is 29.5 Å². The Bertz CT molecular complexity index is 924. The van der Waals surface area contributed by atoms with Crippen molar-refractivity contribution in [2.24, 2.45) is 5.92 Å². The third-order valence-corrected chi connectivity index (χ3v) is 5.66. The highest BCUT2D eigenvalue weighted by Gasteiger charge is 2.39. The van der Waals surface area contributed by atoms with Gasteiger partial charge in [-0.2, -0.15) is 0 Å². The molecule has 0 radical (unpaired) electrons. The van der Waals surface area contributed by atoms with E-state index in [1.165, 1.54) is 9.80 Å². The van der Waals surface area contributed by atoms with Crippen LogP contribution in [-0.4, -0.2) is 37.4 Å². The fourth-order valence-corrected chi connectivity index (χ4v) is 4.04. The van der Waals surface area contributed by atoms with Crippen LogP contribution in [-0.2, 0) is 9.59 Å². The zero-order valence-electron chi connectivity index (χ0n) is 15.3. The lowest BCUT2D eigenvalue weighted by atomic mass is 9.96. The summed E-state index contributed by atoms with van der Waals surface area (Å²) in [4.78, 5) is 39.8. The monoisotopic (exact) mass is 398 g/mol. The predicted octanol–water partition coefficient (Wildman–Crippen LogP) is 1.76. The number of rotatable bonds is 4. The summed E-state index contributed by atoms with van der Waals surface area (Å²) < 4.78 is 0. The van der Waals surface area contributed by atoms with Crippen LogP contribution >= 0.6 is 11.6 Å². The largest absolute Gasteiger partial charge is 0.326 e. The van der Waals surface area contributed by atoms with Gasteiger partial charge in [0.2, 0.25) is 5.91 Å². The number of ketones is 1. The fraction of sp³-hybridized carbons (Fsp3) is 0.286. The summed E-state index contributed by atoms with van der Waals surface area (Å²) in [5.74, 6) is -1.01. The molecule has 2 N–H and O–H groups in total. The molecule has 0 spiro atoms. The van der Waals surface area contributed by atoms with E-state index < -0.39 is 11.7 Å². The average molecular weight is 399 g/mol. The number of carbonyl (C=O) groups excluding carboxylic acids is 3. The van der Waals surface area contributed by atoms with Gasteiger partial charge in [-0.05, 0) is 30.3 Å². The molecule has 7 heteroatoms. The van der Waals surface area contributed by atoms with Gasteiger partial charge in [-0.15, -0.1) is 0 Å². The number of quaternary nitrogens is 1. The van der Waals surface area contributed by atoms with Crippen molar-refractivity contribution in [1.82, 2.24) is 0 Å². The molecule has 0 unspecified atom stereocenters. The fourth-order valence-electron chi connectivity index (χ4n) is 3.87. The molecule has 2 aliphatic heterocycles. The molecule has 2 heterocycles. The lowest BCUT2D eigenvalue weighted by Gasteiger charge is -2.31. The molecular weight excluding hydrogens is 378 g/mol. The number of benzene rings is 2. The van der Waals surface area contributed by atoms with E-state index in [-0.39, 0.29) is 11.8 Å². The first-order chi connectivity index (χ1) is 13.5. The first-order valence-corrected chi connectivity index (χ1v) is 9.76. The molecule has 1 saturated heterocycles.